The van der Waals surface area contributed by atoms with Gasteiger partial charge in [0.05, 0.1) is 25.8 Å². The summed E-state index contributed by atoms with van der Waals surface area (Å²) in [6.45, 7) is 3.23. The molecule has 0 spiro atoms. The first-order valence-corrected chi connectivity index (χ1v) is 5.00. The molecule has 15 heavy (non-hydrogen) atoms. The zero-order valence-corrected chi connectivity index (χ0v) is 8.74. The second-order valence-corrected chi connectivity index (χ2v) is 3.44. The number of carbonyl (C=O) groups excluding carboxylic acids is 1. The highest BCUT2D eigenvalue weighted by molar-refractivity contribution is 5.78. The first-order chi connectivity index (χ1) is 7.26. The van der Waals surface area contributed by atoms with Gasteiger partial charge >= 0.3 is 0 Å². The van der Waals surface area contributed by atoms with Gasteiger partial charge in [0, 0.05) is 19.6 Å². The average molecular weight is 211 g/mol. The molecule has 0 radical (unpaired) electrons. The Kier molecular flexibility index (Phi) is 5.12. The lowest BCUT2D eigenvalue weighted by Gasteiger charge is -2.31. The summed E-state index contributed by atoms with van der Waals surface area (Å²) in [5, 5.41) is 2.62. The van der Waals surface area contributed by atoms with E-state index in [0.29, 0.717) is 26.2 Å². The van der Waals surface area contributed by atoms with Crippen LogP contribution >= 0.6 is 0 Å². The smallest absolute Gasteiger partial charge is 0.234 e. The number of ether oxygens (including phenoxy) is 1. The minimum atomic E-state index is -0.0504. The first-order valence-electron chi connectivity index (χ1n) is 5.00. The van der Waals surface area contributed by atoms with Crippen molar-refractivity contribution < 1.29 is 9.53 Å². The third kappa shape index (κ3) is 4.30. The third-order valence-corrected chi connectivity index (χ3v) is 2.24. The van der Waals surface area contributed by atoms with Gasteiger partial charge in [-0.1, -0.05) is 5.92 Å². The lowest BCUT2D eigenvalue weighted by Crippen LogP contribution is -2.49. The van der Waals surface area contributed by atoms with E-state index in [9.17, 15) is 4.79 Å². The number of nitrogens with two attached hydrogens (primary N) is 1. The number of carbonyl (C=O) groups is 1. The van der Waals surface area contributed by atoms with Gasteiger partial charge in [0.2, 0.25) is 5.91 Å². The molecule has 1 saturated heterocycles. The van der Waals surface area contributed by atoms with Gasteiger partial charge in [-0.3, -0.25) is 9.69 Å². The average Bonchev–Trinajstić information content (AvgIpc) is 2.26. The fourth-order valence-corrected chi connectivity index (χ4v) is 1.48. The summed E-state index contributed by atoms with van der Waals surface area (Å²) in [6, 6.07) is 0. The predicted molar refractivity (Wildman–Crippen MR) is 57.1 cm³/mol. The standard InChI is InChI=1S/C10H17N3O2/c1-2-3-12-10(14)8-13-4-5-15-9(6-11)7-13/h1,9H,3-8,11H2,(H,12,14). The highest BCUT2D eigenvalue weighted by atomic mass is 16.5. The van der Waals surface area contributed by atoms with Gasteiger partial charge in [0.1, 0.15) is 0 Å². The van der Waals surface area contributed by atoms with Crippen LogP contribution in [0, 0.1) is 12.3 Å². The van der Waals surface area contributed by atoms with Gasteiger partial charge in [-0.15, -0.1) is 6.42 Å². The van der Waals surface area contributed by atoms with Crippen LogP contribution in [0.2, 0.25) is 0 Å². The van der Waals surface area contributed by atoms with E-state index in [-0.39, 0.29) is 18.6 Å². The lowest BCUT2D eigenvalue weighted by atomic mass is 10.2. The lowest BCUT2D eigenvalue weighted by molar-refractivity contribution is -0.123. The van der Waals surface area contributed by atoms with Crippen molar-refractivity contribution in [2.45, 2.75) is 6.10 Å². The molecule has 0 aromatic rings. The number of hydrogen-bond donors (Lipinski definition) is 2. The Bertz CT molecular complexity index is 250. The summed E-state index contributed by atoms with van der Waals surface area (Å²) in [4.78, 5) is 13.4. The van der Waals surface area contributed by atoms with Gasteiger partial charge in [-0.2, -0.15) is 0 Å². The van der Waals surface area contributed by atoms with Crippen LogP contribution in [0.15, 0.2) is 0 Å². The second kappa shape index (κ2) is 6.40. The van der Waals surface area contributed by atoms with Crippen LogP contribution in [-0.2, 0) is 9.53 Å². The molecular formula is C10H17N3O2. The minimum absolute atomic E-state index is 0.0409. The maximum absolute atomic E-state index is 11.3. The topological polar surface area (TPSA) is 67.6 Å². The van der Waals surface area contributed by atoms with Gasteiger partial charge in [0.15, 0.2) is 0 Å². The van der Waals surface area contributed by atoms with Crippen molar-refractivity contribution in [1.82, 2.24) is 10.2 Å². The van der Waals surface area contributed by atoms with Crippen LogP contribution in [0.5, 0.6) is 0 Å². The second-order valence-electron chi connectivity index (χ2n) is 3.44. The van der Waals surface area contributed by atoms with Crippen molar-refractivity contribution in [2.75, 3.05) is 39.3 Å². The molecular weight excluding hydrogens is 194 g/mol. The zero-order valence-electron chi connectivity index (χ0n) is 8.74. The molecule has 0 saturated carbocycles. The van der Waals surface area contributed by atoms with E-state index in [1.54, 1.807) is 0 Å². The molecule has 1 aliphatic heterocycles. The summed E-state index contributed by atoms with van der Waals surface area (Å²) < 4.78 is 5.39. The zero-order chi connectivity index (χ0) is 11.1. The van der Waals surface area contributed by atoms with Gasteiger partial charge in [-0.25, -0.2) is 0 Å². The summed E-state index contributed by atoms with van der Waals surface area (Å²) >= 11 is 0. The van der Waals surface area contributed by atoms with E-state index in [4.69, 9.17) is 16.9 Å². The van der Waals surface area contributed by atoms with Gasteiger partial charge in [0.25, 0.3) is 0 Å². The van der Waals surface area contributed by atoms with Gasteiger partial charge < -0.3 is 15.8 Å². The third-order valence-electron chi connectivity index (χ3n) is 2.24. The molecule has 1 heterocycles. The molecule has 0 aromatic carbocycles. The SMILES string of the molecule is C#CCNC(=O)CN1CCOC(CN)C1. The van der Waals surface area contributed by atoms with Crippen LogP contribution in [0.25, 0.3) is 0 Å². The van der Waals surface area contributed by atoms with Crippen molar-refractivity contribution in [2.24, 2.45) is 5.73 Å². The summed E-state index contributed by atoms with van der Waals surface area (Å²) in [5.74, 6) is 2.31. The molecule has 1 amide bonds. The number of amides is 1. The summed E-state index contributed by atoms with van der Waals surface area (Å²) in [7, 11) is 0. The van der Waals surface area contributed by atoms with Crippen LogP contribution in [0.3, 0.4) is 0 Å². The Morgan fingerprint density at radius 2 is 2.53 bits per heavy atom. The number of terminal acetylenes is 1. The van der Waals surface area contributed by atoms with Crippen LogP contribution in [-0.4, -0.2) is 56.2 Å². The number of rotatable bonds is 4. The fraction of sp³-hybridized carbons (Fsp3) is 0.700. The Morgan fingerprint density at radius 1 is 1.73 bits per heavy atom. The van der Waals surface area contributed by atoms with Crippen LogP contribution in [0.4, 0.5) is 0 Å². The van der Waals surface area contributed by atoms with E-state index < -0.39 is 0 Å². The highest BCUT2D eigenvalue weighted by Gasteiger charge is 2.20. The van der Waals surface area contributed by atoms with E-state index in [1.165, 1.54) is 0 Å². The molecule has 1 atom stereocenters. The quantitative estimate of drug-likeness (QED) is 0.549. The fourth-order valence-electron chi connectivity index (χ4n) is 1.48. The van der Waals surface area contributed by atoms with E-state index in [1.807, 2.05) is 4.90 Å². The van der Waals surface area contributed by atoms with Crippen LogP contribution in [0.1, 0.15) is 0 Å². The Hall–Kier alpha value is -1.09. The maximum Gasteiger partial charge on any atom is 0.234 e. The summed E-state index contributed by atoms with van der Waals surface area (Å²) in [6.07, 6.45) is 5.08. The number of hydrogen-bond acceptors (Lipinski definition) is 4. The molecule has 5 heteroatoms. The van der Waals surface area contributed by atoms with Crippen molar-refractivity contribution in [3.63, 3.8) is 0 Å². The monoisotopic (exact) mass is 211 g/mol. The molecule has 5 nitrogen and oxygen atoms in total. The first kappa shape index (κ1) is 12.0. The minimum Gasteiger partial charge on any atom is -0.374 e. The van der Waals surface area contributed by atoms with Crippen molar-refractivity contribution >= 4 is 5.91 Å². The predicted octanol–water partition coefficient (Wildman–Crippen LogP) is -1.60. The van der Waals surface area contributed by atoms with Crippen LogP contribution < -0.4 is 11.1 Å². The molecule has 0 bridgehead atoms. The van der Waals surface area contributed by atoms with E-state index in [2.05, 4.69) is 11.2 Å². The molecule has 1 rings (SSSR count). The van der Waals surface area contributed by atoms with Crippen molar-refractivity contribution in [3.05, 3.63) is 0 Å². The number of nitrogens with zero attached hydrogens (tertiary/aromatic N) is 1. The molecule has 0 aromatic heterocycles. The Balaban J connectivity index is 2.25. The largest absolute Gasteiger partial charge is 0.374 e. The highest BCUT2D eigenvalue weighted by Crippen LogP contribution is 2.02. The molecule has 1 aliphatic rings. The number of nitrogens with one attached hydrogen (secondary N) is 1. The molecule has 1 unspecified atom stereocenters. The van der Waals surface area contributed by atoms with E-state index in [0.717, 1.165) is 6.54 Å². The van der Waals surface area contributed by atoms with Crippen molar-refractivity contribution in [3.8, 4) is 12.3 Å². The summed E-state index contributed by atoms with van der Waals surface area (Å²) in [5.41, 5.74) is 5.50. The molecule has 1 fully saturated rings. The normalized spacial score (nSPS) is 22.0. The Morgan fingerprint density at radius 3 is 3.20 bits per heavy atom. The molecule has 84 valence electrons. The van der Waals surface area contributed by atoms with Crippen molar-refractivity contribution in [1.29, 1.82) is 0 Å². The Labute approximate surface area is 89.9 Å². The molecule has 0 aliphatic carbocycles. The van der Waals surface area contributed by atoms with E-state index >= 15 is 0 Å². The number of morpholine rings is 1. The molecule has 3 N–H and O–H groups in total. The van der Waals surface area contributed by atoms with Gasteiger partial charge in [-0.05, 0) is 0 Å². The maximum atomic E-state index is 11.3.